The number of aryl methyl sites for hydroxylation is 1. The van der Waals surface area contributed by atoms with Gasteiger partial charge in [0, 0.05) is 31.3 Å². The number of nitrogens with one attached hydrogen (secondary N) is 1. The fourth-order valence-corrected chi connectivity index (χ4v) is 5.73. The highest BCUT2D eigenvalue weighted by Crippen LogP contribution is 2.55. The molecule has 4 aromatic rings. The lowest BCUT2D eigenvalue weighted by Gasteiger charge is -2.45. The molecule has 1 amide bonds. The van der Waals surface area contributed by atoms with Crippen LogP contribution in [0.4, 0.5) is 0 Å². The lowest BCUT2D eigenvalue weighted by atomic mass is 9.59. The molecule has 0 aliphatic heterocycles. The molecule has 2 bridgehead atoms. The molecule has 3 aromatic carbocycles. The highest BCUT2D eigenvalue weighted by Gasteiger charge is 2.42. The van der Waals surface area contributed by atoms with E-state index in [1.807, 2.05) is 18.2 Å². The van der Waals surface area contributed by atoms with Crippen LogP contribution in [-0.4, -0.2) is 17.0 Å². The van der Waals surface area contributed by atoms with Gasteiger partial charge in [0.2, 0.25) is 5.91 Å². The van der Waals surface area contributed by atoms with Gasteiger partial charge in [-0.25, -0.2) is 4.79 Å². The molecule has 1 N–H and O–H groups in total. The van der Waals surface area contributed by atoms with Crippen LogP contribution in [0.5, 0.6) is 0 Å². The minimum Gasteiger partial charge on any atom is -0.408 e. The van der Waals surface area contributed by atoms with Gasteiger partial charge in [0.05, 0.1) is 5.52 Å². The maximum Gasteiger partial charge on any atom is 0.419 e. The van der Waals surface area contributed by atoms with E-state index in [-0.39, 0.29) is 12.3 Å². The van der Waals surface area contributed by atoms with Crippen molar-refractivity contribution in [2.24, 2.45) is 5.92 Å². The van der Waals surface area contributed by atoms with E-state index in [0.29, 0.717) is 36.4 Å². The topological polar surface area (TPSA) is 64.2 Å². The average Bonchev–Trinajstić information content (AvgIpc) is 3.16. The summed E-state index contributed by atoms with van der Waals surface area (Å²) in [5, 5.41) is 3.14. The van der Waals surface area contributed by atoms with E-state index in [2.05, 4.69) is 53.8 Å². The van der Waals surface area contributed by atoms with Crippen molar-refractivity contribution in [3.63, 3.8) is 0 Å². The number of nitrogens with zero attached hydrogens (tertiary/aromatic N) is 1. The van der Waals surface area contributed by atoms with E-state index in [1.54, 1.807) is 6.07 Å². The number of oxazole rings is 1. The van der Waals surface area contributed by atoms with Crippen LogP contribution in [0, 0.1) is 5.92 Å². The summed E-state index contributed by atoms with van der Waals surface area (Å²) in [6, 6.07) is 24.8. The highest BCUT2D eigenvalue weighted by molar-refractivity contribution is 5.77. The molecule has 3 aliphatic carbocycles. The second kappa shape index (κ2) is 7.52. The zero-order valence-electron chi connectivity index (χ0n) is 17.7. The number of carbonyl (C=O) groups is 1. The summed E-state index contributed by atoms with van der Waals surface area (Å²) in [6.45, 7) is 0.952. The van der Waals surface area contributed by atoms with Crippen LogP contribution in [-0.2, 0) is 11.3 Å². The van der Waals surface area contributed by atoms with Gasteiger partial charge in [-0.2, -0.15) is 0 Å². The fraction of sp³-hybridized carbons (Fsp3) is 0.259. The Hall–Kier alpha value is -3.60. The van der Waals surface area contributed by atoms with Crippen molar-refractivity contribution < 1.29 is 9.21 Å². The van der Waals surface area contributed by atoms with E-state index in [4.69, 9.17) is 4.42 Å². The van der Waals surface area contributed by atoms with Crippen LogP contribution in [0.25, 0.3) is 11.1 Å². The summed E-state index contributed by atoms with van der Waals surface area (Å²) in [7, 11) is 0. The Balaban J connectivity index is 1.17. The van der Waals surface area contributed by atoms with E-state index < -0.39 is 5.76 Å². The Morgan fingerprint density at radius 1 is 0.906 bits per heavy atom. The molecule has 1 atom stereocenters. The third kappa shape index (κ3) is 3.00. The zero-order chi connectivity index (χ0) is 21.7. The molecule has 5 nitrogen and oxygen atoms in total. The van der Waals surface area contributed by atoms with E-state index in [0.717, 1.165) is 11.9 Å². The Bertz CT molecular complexity index is 1340. The number of fused-ring (bicyclic) bond motifs is 2. The van der Waals surface area contributed by atoms with Gasteiger partial charge in [0.15, 0.2) is 5.58 Å². The number of para-hydroxylation sites is 2. The summed E-state index contributed by atoms with van der Waals surface area (Å²) >= 11 is 0. The predicted molar refractivity (Wildman–Crippen MR) is 123 cm³/mol. The van der Waals surface area contributed by atoms with Gasteiger partial charge in [0.25, 0.3) is 0 Å². The van der Waals surface area contributed by atoms with Crippen LogP contribution in [0.2, 0.25) is 0 Å². The second-order valence-corrected chi connectivity index (χ2v) is 8.83. The smallest absolute Gasteiger partial charge is 0.408 e. The molecule has 5 heteroatoms. The number of hydrogen-bond donors (Lipinski definition) is 1. The Morgan fingerprint density at radius 2 is 1.53 bits per heavy atom. The standard InChI is InChI=1S/C27H24N2O3/c30-25(13-14-29-23-11-5-6-12-24(23)32-27(29)31)28-16-17-15-22-18-7-1-3-9-20(18)26(17)21-10-4-2-8-19(21)22/h1-12,17,22,26H,13-16H2,(H,28,30)/t17-,22?,26?/m1/s1. The van der Waals surface area contributed by atoms with Gasteiger partial charge in [-0.1, -0.05) is 60.7 Å². The quantitative estimate of drug-likeness (QED) is 0.517. The molecule has 1 heterocycles. The third-order valence-corrected chi connectivity index (χ3v) is 7.12. The first kappa shape index (κ1) is 19.1. The first-order valence-electron chi connectivity index (χ1n) is 11.2. The largest absolute Gasteiger partial charge is 0.419 e. The van der Waals surface area contributed by atoms with Crippen LogP contribution >= 0.6 is 0 Å². The number of rotatable bonds is 5. The van der Waals surface area contributed by atoms with Crippen molar-refractivity contribution in [2.45, 2.75) is 31.2 Å². The van der Waals surface area contributed by atoms with Crippen LogP contribution < -0.4 is 11.1 Å². The van der Waals surface area contributed by atoms with Crippen LogP contribution in [0.1, 0.15) is 46.9 Å². The van der Waals surface area contributed by atoms with Crippen LogP contribution in [0.15, 0.2) is 82.0 Å². The molecular weight excluding hydrogens is 400 g/mol. The summed E-state index contributed by atoms with van der Waals surface area (Å²) in [4.78, 5) is 24.8. The Kier molecular flexibility index (Phi) is 4.49. The van der Waals surface area contributed by atoms with Crippen molar-refractivity contribution in [2.75, 3.05) is 6.54 Å². The molecule has 0 saturated carbocycles. The molecule has 0 unspecified atom stereocenters. The van der Waals surface area contributed by atoms with Gasteiger partial charge in [-0.3, -0.25) is 9.36 Å². The number of benzene rings is 3. The van der Waals surface area contributed by atoms with Gasteiger partial charge < -0.3 is 9.73 Å². The first-order valence-corrected chi connectivity index (χ1v) is 11.2. The molecule has 0 spiro atoms. The summed E-state index contributed by atoms with van der Waals surface area (Å²) in [5.74, 6) is 0.617. The van der Waals surface area contributed by atoms with E-state index in [1.165, 1.54) is 26.8 Å². The van der Waals surface area contributed by atoms with Gasteiger partial charge >= 0.3 is 5.76 Å². The molecule has 0 radical (unpaired) electrons. The van der Waals surface area contributed by atoms with Crippen molar-refractivity contribution in [3.8, 4) is 0 Å². The molecule has 3 aliphatic rings. The van der Waals surface area contributed by atoms with Gasteiger partial charge in [0.1, 0.15) is 0 Å². The average molecular weight is 425 g/mol. The Labute approximate surface area is 185 Å². The Morgan fingerprint density at radius 3 is 2.25 bits per heavy atom. The minimum absolute atomic E-state index is 0.0369. The number of hydrogen-bond acceptors (Lipinski definition) is 3. The fourth-order valence-electron chi connectivity index (χ4n) is 5.73. The van der Waals surface area contributed by atoms with Crippen molar-refractivity contribution in [1.29, 1.82) is 0 Å². The molecular formula is C27H24N2O3. The second-order valence-electron chi connectivity index (χ2n) is 8.83. The molecule has 32 heavy (non-hydrogen) atoms. The highest BCUT2D eigenvalue weighted by atomic mass is 16.4. The van der Waals surface area contributed by atoms with Crippen molar-refractivity contribution >= 4 is 17.0 Å². The monoisotopic (exact) mass is 424 g/mol. The normalized spacial score (nSPS) is 20.7. The minimum atomic E-state index is -0.420. The summed E-state index contributed by atoms with van der Waals surface area (Å²) in [5.41, 5.74) is 6.95. The zero-order valence-corrected chi connectivity index (χ0v) is 17.7. The molecule has 1 aromatic heterocycles. The maximum absolute atomic E-state index is 12.7. The third-order valence-electron chi connectivity index (χ3n) is 7.12. The van der Waals surface area contributed by atoms with E-state index >= 15 is 0 Å². The first-order chi connectivity index (χ1) is 15.7. The predicted octanol–water partition coefficient (Wildman–Crippen LogP) is 4.40. The summed E-state index contributed by atoms with van der Waals surface area (Å²) < 4.78 is 6.79. The van der Waals surface area contributed by atoms with Crippen LogP contribution in [0.3, 0.4) is 0 Å². The maximum atomic E-state index is 12.7. The van der Waals surface area contributed by atoms with Crippen molar-refractivity contribution in [3.05, 3.63) is 106 Å². The molecule has 7 rings (SSSR count). The molecule has 160 valence electrons. The molecule has 0 saturated heterocycles. The number of carbonyl (C=O) groups excluding carboxylic acids is 1. The number of amides is 1. The lowest BCUT2D eigenvalue weighted by molar-refractivity contribution is -0.121. The SMILES string of the molecule is O=C(CCn1c(=O)oc2ccccc21)NC[C@H]1CC2c3ccccc3C1c1ccccc12. The van der Waals surface area contributed by atoms with Crippen molar-refractivity contribution in [1.82, 2.24) is 9.88 Å². The van der Waals surface area contributed by atoms with Gasteiger partial charge in [-0.05, 0) is 46.7 Å². The number of aromatic nitrogens is 1. The van der Waals surface area contributed by atoms with E-state index in [9.17, 15) is 9.59 Å². The van der Waals surface area contributed by atoms with Gasteiger partial charge in [-0.15, -0.1) is 0 Å². The summed E-state index contributed by atoms with van der Waals surface area (Å²) in [6.07, 6.45) is 1.29. The molecule has 0 fully saturated rings. The lowest BCUT2D eigenvalue weighted by Crippen LogP contribution is -2.39.